The van der Waals surface area contributed by atoms with Crippen molar-refractivity contribution in [1.29, 1.82) is 0 Å². The van der Waals surface area contributed by atoms with Crippen LogP contribution in [0.4, 0.5) is 0 Å². The second-order valence-electron chi connectivity index (χ2n) is 2.95. The van der Waals surface area contributed by atoms with E-state index in [1.807, 2.05) is 0 Å². The van der Waals surface area contributed by atoms with Crippen molar-refractivity contribution in [1.82, 2.24) is 0 Å². The number of hydrogen-bond donors (Lipinski definition) is 1. The average Bonchev–Trinajstić information content (AvgIpc) is 1.95. The third kappa shape index (κ3) is 2.01. The molecule has 3 atom stereocenters. The van der Waals surface area contributed by atoms with E-state index >= 15 is 0 Å². The predicted molar refractivity (Wildman–Crippen MR) is 45.7 cm³/mol. The molecular weight excluding hydrogens is 169 g/mol. The van der Waals surface area contributed by atoms with Crippen molar-refractivity contribution in [2.24, 2.45) is 11.7 Å². The van der Waals surface area contributed by atoms with Crippen LogP contribution >= 0.6 is 23.2 Å². The molecule has 1 fully saturated rings. The van der Waals surface area contributed by atoms with Gasteiger partial charge in [-0.2, -0.15) is 0 Å². The van der Waals surface area contributed by atoms with Crippen LogP contribution in [0, 0.1) is 5.92 Å². The highest BCUT2D eigenvalue weighted by molar-refractivity contribution is 6.30. The quantitative estimate of drug-likeness (QED) is 0.616. The molecule has 10 heavy (non-hydrogen) atoms. The minimum Gasteiger partial charge on any atom is -0.330 e. The summed E-state index contributed by atoms with van der Waals surface area (Å²) >= 11 is 11.9. The standard InChI is InChI=1S/C7H13Cl2N/c8-6-2-1-5(4-10)3-7(6)9/h5-7H,1-4,10H2/t5?,6-,7?/m0/s1. The Bertz CT molecular complexity index is 108. The van der Waals surface area contributed by atoms with Gasteiger partial charge in [-0.25, -0.2) is 0 Å². The first-order chi connectivity index (χ1) is 4.74. The largest absolute Gasteiger partial charge is 0.330 e. The molecule has 0 aromatic heterocycles. The van der Waals surface area contributed by atoms with E-state index in [0.29, 0.717) is 5.92 Å². The number of halogens is 2. The Kier molecular flexibility index (Phi) is 3.28. The number of alkyl halides is 2. The summed E-state index contributed by atoms with van der Waals surface area (Å²) in [4.78, 5) is 0. The molecule has 0 radical (unpaired) electrons. The van der Waals surface area contributed by atoms with Crippen LogP contribution in [0.5, 0.6) is 0 Å². The zero-order valence-electron chi connectivity index (χ0n) is 5.89. The van der Waals surface area contributed by atoms with E-state index in [-0.39, 0.29) is 10.8 Å². The van der Waals surface area contributed by atoms with Crippen LogP contribution in [0.2, 0.25) is 0 Å². The highest BCUT2D eigenvalue weighted by Gasteiger charge is 2.26. The summed E-state index contributed by atoms with van der Waals surface area (Å²) in [6.07, 6.45) is 3.16. The van der Waals surface area contributed by atoms with Crippen molar-refractivity contribution in [2.75, 3.05) is 6.54 Å². The summed E-state index contributed by atoms with van der Waals surface area (Å²) in [5.41, 5.74) is 5.51. The van der Waals surface area contributed by atoms with Crippen LogP contribution in [0.1, 0.15) is 19.3 Å². The van der Waals surface area contributed by atoms with Crippen LogP contribution in [-0.2, 0) is 0 Å². The van der Waals surface area contributed by atoms with Crippen molar-refractivity contribution in [3.63, 3.8) is 0 Å². The molecule has 0 aromatic carbocycles. The molecule has 1 saturated carbocycles. The second kappa shape index (κ2) is 3.80. The van der Waals surface area contributed by atoms with E-state index in [9.17, 15) is 0 Å². The molecule has 1 aliphatic rings. The molecule has 1 rings (SSSR count). The highest BCUT2D eigenvalue weighted by Crippen LogP contribution is 2.30. The van der Waals surface area contributed by atoms with E-state index in [0.717, 1.165) is 25.8 Å². The Morgan fingerprint density at radius 1 is 1.20 bits per heavy atom. The smallest absolute Gasteiger partial charge is 0.0502 e. The number of nitrogens with two attached hydrogens (primary N) is 1. The summed E-state index contributed by atoms with van der Waals surface area (Å²) in [5.74, 6) is 0.609. The van der Waals surface area contributed by atoms with Gasteiger partial charge in [-0.15, -0.1) is 23.2 Å². The minimum atomic E-state index is 0.143. The van der Waals surface area contributed by atoms with Gasteiger partial charge in [-0.1, -0.05) is 0 Å². The van der Waals surface area contributed by atoms with Crippen molar-refractivity contribution < 1.29 is 0 Å². The summed E-state index contributed by atoms with van der Waals surface area (Å²) < 4.78 is 0. The van der Waals surface area contributed by atoms with Crippen LogP contribution in [0.25, 0.3) is 0 Å². The Morgan fingerprint density at radius 3 is 2.40 bits per heavy atom. The molecule has 0 spiro atoms. The first-order valence-electron chi connectivity index (χ1n) is 3.72. The zero-order chi connectivity index (χ0) is 7.56. The molecule has 2 unspecified atom stereocenters. The van der Waals surface area contributed by atoms with E-state index in [2.05, 4.69) is 0 Å². The van der Waals surface area contributed by atoms with Gasteiger partial charge in [0.05, 0.1) is 5.38 Å². The van der Waals surface area contributed by atoms with Gasteiger partial charge in [-0.05, 0) is 31.7 Å². The van der Waals surface area contributed by atoms with E-state index in [4.69, 9.17) is 28.9 Å². The lowest BCUT2D eigenvalue weighted by atomic mass is 9.89. The van der Waals surface area contributed by atoms with Crippen LogP contribution in [0.3, 0.4) is 0 Å². The SMILES string of the molecule is NCC1CC[C@H](Cl)C(Cl)C1. The topological polar surface area (TPSA) is 26.0 Å². The highest BCUT2D eigenvalue weighted by atomic mass is 35.5. The molecule has 2 N–H and O–H groups in total. The lowest BCUT2D eigenvalue weighted by Gasteiger charge is -2.27. The number of rotatable bonds is 1. The molecule has 60 valence electrons. The van der Waals surface area contributed by atoms with Gasteiger partial charge in [0.1, 0.15) is 0 Å². The van der Waals surface area contributed by atoms with Gasteiger partial charge in [-0.3, -0.25) is 0 Å². The maximum atomic E-state index is 5.95. The molecule has 0 amide bonds. The Balaban J connectivity index is 2.33. The third-order valence-corrected chi connectivity index (χ3v) is 3.27. The second-order valence-corrected chi connectivity index (χ2v) is 4.07. The van der Waals surface area contributed by atoms with Crippen LogP contribution in [-0.4, -0.2) is 17.3 Å². The Labute approximate surface area is 71.9 Å². The third-order valence-electron chi connectivity index (χ3n) is 2.13. The summed E-state index contributed by atoms with van der Waals surface area (Å²) in [6, 6.07) is 0. The summed E-state index contributed by atoms with van der Waals surface area (Å²) in [5, 5.41) is 0.313. The molecule has 0 aliphatic heterocycles. The van der Waals surface area contributed by atoms with Gasteiger partial charge in [0, 0.05) is 5.38 Å². The van der Waals surface area contributed by atoms with Crippen molar-refractivity contribution >= 4 is 23.2 Å². The molecule has 1 aliphatic carbocycles. The fourth-order valence-electron chi connectivity index (χ4n) is 1.37. The van der Waals surface area contributed by atoms with Gasteiger partial charge in [0.2, 0.25) is 0 Å². The molecular formula is C7H13Cl2N. The molecule has 1 nitrogen and oxygen atoms in total. The normalized spacial score (nSPS) is 41.7. The zero-order valence-corrected chi connectivity index (χ0v) is 7.41. The van der Waals surface area contributed by atoms with Gasteiger partial charge in [0.15, 0.2) is 0 Å². The van der Waals surface area contributed by atoms with Crippen LogP contribution in [0.15, 0.2) is 0 Å². The Morgan fingerprint density at radius 2 is 1.90 bits per heavy atom. The van der Waals surface area contributed by atoms with Gasteiger partial charge < -0.3 is 5.73 Å². The van der Waals surface area contributed by atoms with Crippen molar-refractivity contribution in [2.45, 2.75) is 30.0 Å². The molecule has 3 heteroatoms. The van der Waals surface area contributed by atoms with E-state index in [1.54, 1.807) is 0 Å². The summed E-state index contributed by atoms with van der Waals surface area (Å²) in [7, 11) is 0. The van der Waals surface area contributed by atoms with Crippen molar-refractivity contribution in [3.8, 4) is 0 Å². The number of hydrogen-bond acceptors (Lipinski definition) is 1. The molecule has 0 bridgehead atoms. The predicted octanol–water partition coefficient (Wildman–Crippen LogP) is 1.96. The van der Waals surface area contributed by atoms with Gasteiger partial charge in [0.25, 0.3) is 0 Å². The lowest BCUT2D eigenvalue weighted by Crippen LogP contribution is -2.29. The minimum absolute atomic E-state index is 0.143. The maximum Gasteiger partial charge on any atom is 0.0502 e. The first kappa shape index (κ1) is 8.63. The maximum absolute atomic E-state index is 5.95. The molecule has 0 heterocycles. The molecule has 0 aromatic rings. The lowest BCUT2D eigenvalue weighted by molar-refractivity contribution is 0.375. The molecule has 0 saturated heterocycles. The fourth-order valence-corrected chi connectivity index (χ4v) is 1.98. The fraction of sp³-hybridized carbons (Fsp3) is 1.00. The average molecular weight is 182 g/mol. The summed E-state index contributed by atoms with van der Waals surface area (Å²) in [6.45, 7) is 0.757. The van der Waals surface area contributed by atoms with Crippen LogP contribution < -0.4 is 5.73 Å². The monoisotopic (exact) mass is 181 g/mol. The van der Waals surface area contributed by atoms with Crippen molar-refractivity contribution in [3.05, 3.63) is 0 Å². The first-order valence-corrected chi connectivity index (χ1v) is 4.59. The van der Waals surface area contributed by atoms with Gasteiger partial charge >= 0.3 is 0 Å². The Hall–Kier alpha value is 0.540. The van der Waals surface area contributed by atoms with E-state index in [1.165, 1.54) is 0 Å². The van der Waals surface area contributed by atoms with E-state index < -0.39 is 0 Å².